The van der Waals surface area contributed by atoms with Crippen molar-refractivity contribution in [2.45, 2.75) is 36.0 Å². The summed E-state index contributed by atoms with van der Waals surface area (Å²) in [6, 6.07) is 14.3. The highest BCUT2D eigenvalue weighted by Gasteiger charge is 2.16. The molecule has 0 spiro atoms. The van der Waals surface area contributed by atoms with Crippen LogP contribution >= 0.6 is 23.1 Å². The predicted octanol–water partition coefficient (Wildman–Crippen LogP) is 5.30. The smallest absolute Gasteiger partial charge is 0.319 e. The largest absolute Gasteiger partial charge is 0.376 e. The molecule has 3 amide bonds. The molecule has 2 aromatic carbocycles. The Hall–Kier alpha value is -2.88. The zero-order valence-corrected chi connectivity index (χ0v) is 19.9. The summed E-state index contributed by atoms with van der Waals surface area (Å²) in [7, 11) is 0. The van der Waals surface area contributed by atoms with Gasteiger partial charge in [-0.15, -0.1) is 11.3 Å². The van der Waals surface area contributed by atoms with Gasteiger partial charge in [-0.25, -0.2) is 9.78 Å². The lowest BCUT2D eigenvalue weighted by Gasteiger charge is -2.12. The molecule has 172 valence electrons. The second-order valence-electron chi connectivity index (χ2n) is 7.74. The van der Waals surface area contributed by atoms with E-state index in [4.69, 9.17) is 4.74 Å². The Kier molecular flexibility index (Phi) is 7.98. The van der Waals surface area contributed by atoms with Gasteiger partial charge in [0.05, 0.1) is 6.10 Å². The third-order valence-corrected chi connectivity index (χ3v) is 7.30. The van der Waals surface area contributed by atoms with Crippen molar-refractivity contribution in [1.82, 2.24) is 10.3 Å². The maximum Gasteiger partial charge on any atom is 0.319 e. The predicted molar refractivity (Wildman–Crippen MR) is 133 cm³/mol. The number of carbonyl (C=O) groups excluding carboxylic acids is 2. The zero-order valence-electron chi connectivity index (χ0n) is 18.3. The molecule has 4 rings (SSSR count). The van der Waals surface area contributed by atoms with Crippen molar-refractivity contribution in [2.75, 3.05) is 23.8 Å². The van der Waals surface area contributed by atoms with Crippen LogP contribution in [0.4, 0.5) is 16.2 Å². The molecule has 1 aliphatic rings. The first kappa shape index (κ1) is 23.3. The van der Waals surface area contributed by atoms with E-state index in [0.29, 0.717) is 23.5 Å². The molecule has 1 saturated heterocycles. The summed E-state index contributed by atoms with van der Waals surface area (Å²) in [6.07, 6.45) is 2.11. The molecule has 0 bridgehead atoms. The summed E-state index contributed by atoms with van der Waals surface area (Å²) < 4.78 is 6.54. The number of thiazole rings is 1. The SMILES string of the molecule is Cc1csc(SCc2ccc(C(=O)Nc3ccc(NC(=O)NCC4CCCO4)cc3)cc2)n1. The maximum atomic E-state index is 12.6. The van der Waals surface area contributed by atoms with Crippen LogP contribution < -0.4 is 16.0 Å². The van der Waals surface area contributed by atoms with Crippen molar-refractivity contribution in [3.8, 4) is 0 Å². The van der Waals surface area contributed by atoms with Gasteiger partial charge in [-0.1, -0.05) is 23.9 Å². The summed E-state index contributed by atoms with van der Waals surface area (Å²) in [5.74, 6) is 0.629. The highest BCUT2D eigenvalue weighted by molar-refractivity contribution is 8.00. The highest BCUT2D eigenvalue weighted by atomic mass is 32.2. The van der Waals surface area contributed by atoms with E-state index in [1.165, 1.54) is 0 Å². The van der Waals surface area contributed by atoms with Gasteiger partial charge in [-0.2, -0.15) is 0 Å². The van der Waals surface area contributed by atoms with Gasteiger partial charge in [0, 0.05) is 46.9 Å². The van der Waals surface area contributed by atoms with Gasteiger partial charge in [-0.05, 0) is 61.7 Å². The Balaban J connectivity index is 1.23. The van der Waals surface area contributed by atoms with Gasteiger partial charge in [-0.3, -0.25) is 4.79 Å². The molecule has 2 heterocycles. The topological polar surface area (TPSA) is 92.4 Å². The normalized spacial score (nSPS) is 15.2. The number of benzene rings is 2. The summed E-state index contributed by atoms with van der Waals surface area (Å²) in [5, 5.41) is 10.5. The van der Waals surface area contributed by atoms with Crippen molar-refractivity contribution in [1.29, 1.82) is 0 Å². The van der Waals surface area contributed by atoms with Crippen LogP contribution in [-0.4, -0.2) is 36.2 Å². The first-order chi connectivity index (χ1) is 16.0. The van der Waals surface area contributed by atoms with Gasteiger partial charge >= 0.3 is 6.03 Å². The van der Waals surface area contributed by atoms with Crippen LogP contribution in [-0.2, 0) is 10.5 Å². The molecule has 9 heteroatoms. The Morgan fingerprint density at radius 3 is 2.45 bits per heavy atom. The van der Waals surface area contributed by atoms with Gasteiger partial charge in [0.1, 0.15) is 4.34 Å². The molecule has 1 aliphatic heterocycles. The molecule has 1 unspecified atom stereocenters. The molecule has 3 N–H and O–H groups in total. The number of amides is 3. The first-order valence-corrected chi connectivity index (χ1v) is 12.6. The number of anilines is 2. The summed E-state index contributed by atoms with van der Waals surface area (Å²) in [5.41, 5.74) is 4.07. The van der Waals surface area contributed by atoms with Crippen LogP contribution in [0.3, 0.4) is 0 Å². The van der Waals surface area contributed by atoms with Gasteiger partial charge in [0.25, 0.3) is 5.91 Å². The third kappa shape index (κ3) is 7.05. The summed E-state index contributed by atoms with van der Waals surface area (Å²) >= 11 is 3.34. The average molecular weight is 483 g/mol. The molecule has 1 fully saturated rings. The lowest BCUT2D eigenvalue weighted by molar-refractivity contribution is 0.102. The van der Waals surface area contributed by atoms with Crippen molar-refractivity contribution in [2.24, 2.45) is 0 Å². The van der Waals surface area contributed by atoms with Crippen molar-refractivity contribution >= 4 is 46.4 Å². The van der Waals surface area contributed by atoms with Gasteiger partial charge in [0.15, 0.2) is 0 Å². The quantitative estimate of drug-likeness (QED) is 0.379. The second kappa shape index (κ2) is 11.3. The molecule has 1 atom stereocenters. The minimum absolute atomic E-state index is 0.100. The van der Waals surface area contributed by atoms with Crippen LogP contribution in [0.5, 0.6) is 0 Å². The number of aryl methyl sites for hydroxylation is 1. The number of rotatable bonds is 8. The average Bonchev–Trinajstić information content (AvgIpc) is 3.49. The summed E-state index contributed by atoms with van der Waals surface area (Å²) in [4.78, 5) is 29.0. The standard InChI is InChI=1S/C24H26N4O3S2/c1-16-14-32-24(26-16)33-15-17-4-6-18(7-5-17)22(29)27-19-8-10-20(11-9-19)28-23(30)25-13-21-3-2-12-31-21/h4-11,14,21H,2-3,12-13,15H2,1H3,(H,27,29)(H2,25,28,30). The lowest BCUT2D eigenvalue weighted by Crippen LogP contribution is -2.35. The van der Waals surface area contributed by atoms with Crippen LogP contribution in [0.25, 0.3) is 0 Å². The van der Waals surface area contributed by atoms with E-state index in [9.17, 15) is 9.59 Å². The van der Waals surface area contributed by atoms with Crippen molar-refractivity contribution < 1.29 is 14.3 Å². The van der Waals surface area contributed by atoms with Crippen molar-refractivity contribution in [3.05, 3.63) is 70.7 Å². The zero-order chi connectivity index (χ0) is 23.0. The van der Waals surface area contributed by atoms with Crippen LogP contribution in [0.2, 0.25) is 0 Å². The second-order valence-corrected chi connectivity index (χ2v) is 9.82. The molecule has 3 aromatic rings. The number of thioether (sulfide) groups is 1. The molecule has 0 saturated carbocycles. The van der Waals surface area contributed by atoms with E-state index in [1.807, 2.05) is 36.6 Å². The van der Waals surface area contributed by atoms with E-state index in [1.54, 1.807) is 47.4 Å². The fourth-order valence-electron chi connectivity index (χ4n) is 3.32. The van der Waals surface area contributed by atoms with Gasteiger partial charge < -0.3 is 20.7 Å². The molecule has 33 heavy (non-hydrogen) atoms. The van der Waals surface area contributed by atoms with E-state index < -0.39 is 0 Å². The lowest BCUT2D eigenvalue weighted by atomic mass is 10.1. The molecule has 7 nitrogen and oxygen atoms in total. The molecular formula is C24H26N4O3S2. The molecule has 0 aliphatic carbocycles. The number of nitrogens with one attached hydrogen (secondary N) is 3. The van der Waals surface area contributed by atoms with Gasteiger partial charge in [0.2, 0.25) is 0 Å². The van der Waals surface area contributed by atoms with Crippen molar-refractivity contribution in [3.63, 3.8) is 0 Å². The number of urea groups is 1. The van der Waals surface area contributed by atoms with E-state index in [0.717, 1.165) is 40.8 Å². The maximum absolute atomic E-state index is 12.6. The Morgan fingerprint density at radius 2 is 1.82 bits per heavy atom. The van der Waals surface area contributed by atoms with Crippen LogP contribution in [0.15, 0.2) is 58.3 Å². The third-order valence-electron chi connectivity index (χ3n) is 5.09. The number of ether oxygens (including phenoxy) is 1. The number of hydrogen-bond donors (Lipinski definition) is 3. The van der Waals surface area contributed by atoms with E-state index >= 15 is 0 Å². The number of nitrogens with zero attached hydrogens (tertiary/aromatic N) is 1. The fourth-order valence-corrected chi connectivity index (χ4v) is 5.13. The molecular weight excluding hydrogens is 456 g/mol. The van der Waals surface area contributed by atoms with E-state index in [-0.39, 0.29) is 18.0 Å². The van der Waals surface area contributed by atoms with E-state index in [2.05, 4.69) is 20.9 Å². The Labute approximate surface area is 201 Å². The number of hydrogen-bond acceptors (Lipinski definition) is 6. The van der Waals surface area contributed by atoms with Crippen LogP contribution in [0.1, 0.15) is 34.5 Å². The number of aromatic nitrogens is 1. The minimum atomic E-state index is -0.273. The molecule has 0 radical (unpaired) electrons. The number of carbonyl (C=O) groups is 2. The fraction of sp³-hybridized carbons (Fsp3) is 0.292. The molecule has 1 aromatic heterocycles. The first-order valence-electron chi connectivity index (χ1n) is 10.8. The van der Waals surface area contributed by atoms with Crippen LogP contribution in [0, 0.1) is 6.92 Å². The highest BCUT2D eigenvalue weighted by Crippen LogP contribution is 2.26. The Morgan fingerprint density at radius 1 is 1.09 bits per heavy atom. The summed E-state index contributed by atoms with van der Waals surface area (Å²) in [6.45, 7) is 3.25. The Bertz CT molecular complexity index is 1080. The minimum Gasteiger partial charge on any atom is -0.376 e. The monoisotopic (exact) mass is 482 g/mol.